The molecule has 7 aromatic carbocycles. The highest BCUT2D eigenvalue weighted by Gasteiger charge is 2.43. The minimum atomic E-state index is -4.01. The lowest BCUT2D eigenvalue weighted by Crippen LogP contribution is -2.41. The molecule has 0 aliphatic carbocycles. The van der Waals surface area contributed by atoms with Crippen LogP contribution in [-0.2, 0) is 9.36 Å². The topological polar surface area (TPSA) is 155 Å². The van der Waals surface area contributed by atoms with Crippen LogP contribution in [0.1, 0.15) is 79.5 Å². The molecule has 8 rings (SSSR count). The van der Waals surface area contributed by atoms with E-state index in [1.54, 1.807) is 157 Å². The molecule has 12 heteroatoms. The van der Waals surface area contributed by atoms with Crippen molar-refractivity contribution in [2.24, 2.45) is 0 Å². The second-order valence-electron chi connectivity index (χ2n) is 17.6. The molecule has 0 spiro atoms. The largest absolute Gasteiger partial charge is 0.508 e. The van der Waals surface area contributed by atoms with Gasteiger partial charge in [0.2, 0.25) is 11.6 Å². The van der Waals surface area contributed by atoms with Gasteiger partial charge in [-0.05, 0) is 150 Å². The molecule has 1 unspecified atom stereocenters. The number of nitrogens with one attached hydrogen (secondary N) is 1. The van der Waals surface area contributed by atoms with Gasteiger partial charge in [0.1, 0.15) is 28.7 Å². The molecule has 0 radical (unpaired) electrons. The number of fused-ring (bicyclic) bond motifs is 4. The van der Waals surface area contributed by atoms with E-state index < -0.39 is 35.7 Å². The number of amides is 1. The van der Waals surface area contributed by atoms with Crippen molar-refractivity contribution in [2.75, 3.05) is 5.32 Å². The summed E-state index contributed by atoms with van der Waals surface area (Å²) in [6.45, 7) is 11.1. The Labute approximate surface area is 382 Å². The number of hydrogen-bond acceptors (Lipinski definition) is 10. The second kappa shape index (κ2) is 17.1. The Balaban J connectivity index is 1.01. The van der Waals surface area contributed by atoms with Gasteiger partial charge in [-0.15, -0.1) is 0 Å². The molecular weight excluding hydrogens is 854 g/mol. The van der Waals surface area contributed by atoms with Crippen molar-refractivity contribution in [1.29, 1.82) is 0 Å². The van der Waals surface area contributed by atoms with Gasteiger partial charge in [-0.25, -0.2) is 0 Å². The van der Waals surface area contributed by atoms with Crippen LogP contribution in [0.3, 0.4) is 0 Å². The fraction of sp³-hybridized carbons (Fsp3) is 0.185. The predicted octanol–water partition coefficient (Wildman–Crippen LogP) is 10.9. The zero-order valence-corrected chi connectivity index (χ0v) is 38.4. The SMILES string of the molecule is CC(=O)C(C)(C)Oc1ccc(OC(C)(C)C(=O)c2cccc(C(=O)C(C)(C)Oc3ccc(NC(=O)c4ccc5cc(O)ccc5c4)cc3)c2)c(P2(=O)Oc3ccccc3-c3ccccc32)c1. The van der Waals surface area contributed by atoms with Gasteiger partial charge in [-0.3, -0.25) is 23.7 Å². The Kier molecular flexibility index (Phi) is 11.7. The fourth-order valence-electron chi connectivity index (χ4n) is 7.68. The van der Waals surface area contributed by atoms with Crippen LogP contribution in [-0.4, -0.2) is 45.2 Å². The summed E-state index contributed by atoms with van der Waals surface area (Å²) in [5, 5.41) is 14.8. The smallest absolute Gasteiger partial charge is 0.311 e. The summed E-state index contributed by atoms with van der Waals surface area (Å²) >= 11 is 0. The number of hydrogen-bond donors (Lipinski definition) is 2. The van der Waals surface area contributed by atoms with E-state index in [4.69, 9.17) is 18.7 Å². The van der Waals surface area contributed by atoms with E-state index in [-0.39, 0.29) is 45.4 Å². The van der Waals surface area contributed by atoms with E-state index in [2.05, 4.69) is 5.32 Å². The first kappa shape index (κ1) is 45.1. The van der Waals surface area contributed by atoms with E-state index in [1.165, 1.54) is 19.1 Å². The third-order valence-corrected chi connectivity index (χ3v) is 14.0. The maximum Gasteiger partial charge on any atom is 0.311 e. The first-order valence-electron chi connectivity index (χ1n) is 21.3. The minimum absolute atomic E-state index is 0.0989. The Hall–Kier alpha value is -7.49. The zero-order chi connectivity index (χ0) is 47.2. The van der Waals surface area contributed by atoms with Crippen molar-refractivity contribution in [2.45, 2.75) is 65.3 Å². The highest BCUT2D eigenvalue weighted by atomic mass is 31.2. The summed E-state index contributed by atoms with van der Waals surface area (Å²) in [5.41, 5.74) is -1.31. The van der Waals surface area contributed by atoms with Gasteiger partial charge in [-0.1, -0.05) is 66.7 Å². The number of phenols is 1. The normalized spacial score (nSPS) is 14.5. The lowest BCUT2D eigenvalue weighted by molar-refractivity contribution is -0.129. The van der Waals surface area contributed by atoms with E-state index >= 15 is 4.57 Å². The summed E-state index contributed by atoms with van der Waals surface area (Å²) < 4.78 is 40.9. The number of carbonyl (C=O) groups excluding carboxylic acids is 4. The molecule has 7 aromatic rings. The van der Waals surface area contributed by atoms with Crippen LogP contribution < -0.4 is 34.7 Å². The molecule has 0 saturated heterocycles. The van der Waals surface area contributed by atoms with Crippen LogP contribution in [0.4, 0.5) is 5.69 Å². The van der Waals surface area contributed by atoms with Crippen LogP contribution in [0.15, 0.2) is 152 Å². The van der Waals surface area contributed by atoms with Gasteiger partial charge in [0, 0.05) is 27.9 Å². The average Bonchev–Trinajstić information content (AvgIpc) is 3.29. The van der Waals surface area contributed by atoms with Gasteiger partial charge in [0.25, 0.3) is 5.91 Å². The third-order valence-electron chi connectivity index (χ3n) is 11.5. The first-order chi connectivity index (χ1) is 31.2. The Morgan fingerprint density at radius 3 is 1.83 bits per heavy atom. The van der Waals surface area contributed by atoms with Gasteiger partial charge in [0.05, 0.1) is 10.6 Å². The molecule has 0 bridgehead atoms. The summed E-state index contributed by atoms with van der Waals surface area (Å²) in [4.78, 5) is 54.1. The molecule has 0 aromatic heterocycles. The van der Waals surface area contributed by atoms with E-state index in [0.717, 1.165) is 21.9 Å². The van der Waals surface area contributed by atoms with Crippen molar-refractivity contribution in [3.05, 3.63) is 168 Å². The Morgan fingerprint density at radius 2 is 1.14 bits per heavy atom. The Bertz CT molecular complexity index is 3130. The quantitative estimate of drug-likeness (QED) is 0.0796. The van der Waals surface area contributed by atoms with Gasteiger partial charge >= 0.3 is 7.37 Å². The Morgan fingerprint density at radius 1 is 0.545 bits per heavy atom. The number of rotatable bonds is 14. The van der Waals surface area contributed by atoms with Crippen LogP contribution in [0.2, 0.25) is 0 Å². The molecule has 1 aliphatic rings. The number of anilines is 1. The maximum absolute atomic E-state index is 15.5. The van der Waals surface area contributed by atoms with Crippen molar-refractivity contribution >= 4 is 57.7 Å². The molecule has 0 fully saturated rings. The molecular formula is C54H48NO10P. The van der Waals surface area contributed by atoms with Crippen LogP contribution in [0, 0.1) is 0 Å². The predicted molar refractivity (Wildman–Crippen MR) is 256 cm³/mol. The average molecular weight is 902 g/mol. The minimum Gasteiger partial charge on any atom is -0.508 e. The molecule has 334 valence electrons. The second-order valence-corrected chi connectivity index (χ2v) is 19.9. The number of carbonyl (C=O) groups is 4. The summed E-state index contributed by atoms with van der Waals surface area (Å²) in [7, 11) is -4.01. The summed E-state index contributed by atoms with van der Waals surface area (Å²) in [5.74, 6) is -0.116. The highest BCUT2D eigenvalue weighted by molar-refractivity contribution is 7.75. The third kappa shape index (κ3) is 8.95. The monoisotopic (exact) mass is 901 g/mol. The lowest BCUT2D eigenvalue weighted by Gasteiger charge is -2.32. The molecule has 1 heterocycles. The molecule has 11 nitrogen and oxygen atoms in total. The molecule has 1 atom stereocenters. The first-order valence-corrected chi connectivity index (χ1v) is 22.9. The van der Waals surface area contributed by atoms with Crippen molar-refractivity contribution in [3.63, 3.8) is 0 Å². The number of Topliss-reactive ketones (excluding diaryl/α,β-unsaturated/α-hetero) is 3. The van der Waals surface area contributed by atoms with E-state index in [1.807, 2.05) is 24.3 Å². The summed E-state index contributed by atoms with van der Waals surface area (Å²) in [6, 6.07) is 42.3. The van der Waals surface area contributed by atoms with E-state index in [9.17, 15) is 24.3 Å². The molecule has 1 amide bonds. The number of para-hydroxylation sites is 1. The number of phenolic OH excluding ortho intramolecular Hbond substituents is 1. The van der Waals surface area contributed by atoms with E-state index in [0.29, 0.717) is 28.1 Å². The van der Waals surface area contributed by atoms with Crippen molar-refractivity contribution < 1.29 is 47.6 Å². The molecule has 2 N–H and O–H groups in total. The molecule has 1 aliphatic heterocycles. The zero-order valence-electron chi connectivity index (χ0n) is 37.5. The number of aromatic hydroxyl groups is 1. The van der Waals surface area contributed by atoms with Gasteiger partial charge < -0.3 is 29.2 Å². The maximum atomic E-state index is 15.5. The molecule has 66 heavy (non-hydrogen) atoms. The van der Waals surface area contributed by atoms with Crippen molar-refractivity contribution in [1.82, 2.24) is 0 Å². The van der Waals surface area contributed by atoms with Gasteiger partial charge in [0.15, 0.2) is 22.6 Å². The number of benzene rings is 7. The number of ether oxygens (including phenoxy) is 3. The fourth-order valence-corrected chi connectivity index (χ4v) is 10.1. The lowest BCUT2D eigenvalue weighted by atomic mass is 9.91. The summed E-state index contributed by atoms with van der Waals surface area (Å²) in [6.07, 6.45) is 0. The molecule has 0 saturated carbocycles. The number of ketones is 3. The van der Waals surface area contributed by atoms with Gasteiger partial charge in [-0.2, -0.15) is 0 Å². The van der Waals surface area contributed by atoms with Crippen LogP contribution in [0.5, 0.6) is 28.7 Å². The van der Waals surface area contributed by atoms with Crippen molar-refractivity contribution in [3.8, 4) is 39.9 Å². The standard InChI is InChI=1S/C54H48NO10P/c1-33(56)52(2,3)63-42-27-28-46(48(32-42)66(61)47-18-11-9-16-44(47)43-15-8-10-17-45(43)65-66)64-54(6,7)50(59)37-14-12-13-36(30-37)49(58)53(4,5)62-41-25-22-39(23-26-41)55-51(60)38-20-19-35-31-40(57)24-21-34(35)29-38/h8-32,57H,1-7H3,(H,55,60). The highest BCUT2D eigenvalue weighted by Crippen LogP contribution is 2.56. The van der Waals surface area contributed by atoms with Crippen LogP contribution in [0.25, 0.3) is 21.9 Å². The van der Waals surface area contributed by atoms with Crippen LogP contribution >= 0.6 is 7.37 Å².